The van der Waals surface area contributed by atoms with Crippen molar-refractivity contribution < 1.29 is 56.0 Å². The number of anilines is 7. The molecular weight excluding hydrogens is 861 g/mol. The van der Waals surface area contributed by atoms with Gasteiger partial charge in [-0.05, 0) is 114 Å². The number of amides is 3. The van der Waals surface area contributed by atoms with Crippen molar-refractivity contribution >= 4 is 57.5 Å². The van der Waals surface area contributed by atoms with Gasteiger partial charge in [0.2, 0.25) is 5.41 Å². The molecule has 0 aliphatic rings. The molecule has 3 amide bonds. The number of rotatable bonds is 12. The van der Waals surface area contributed by atoms with Gasteiger partial charge in [-0.3, -0.25) is 14.4 Å². The number of phenols is 3. The Hall–Kier alpha value is -8.09. The Morgan fingerprint density at radius 3 is 1.12 bits per heavy atom. The summed E-state index contributed by atoms with van der Waals surface area (Å²) in [6, 6.07) is 26.5. The van der Waals surface area contributed by atoms with Crippen molar-refractivity contribution in [2.24, 2.45) is 0 Å². The number of alkyl halides is 6. The van der Waals surface area contributed by atoms with Gasteiger partial charge in [0, 0.05) is 67.6 Å². The van der Waals surface area contributed by atoms with E-state index in [1.54, 1.807) is 57.5 Å². The molecule has 0 aromatic heterocycles. The van der Waals surface area contributed by atoms with Crippen molar-refractivity contribution in [1.29, 1.82) is 0 Å². The van der Waals surface area contributed by atoms with Crippen LogP contribution in [0.1, 0.15) is 42.2 Å². The highest BCUT2D eigenvalue weighted by Crippen LogP contribution is 2.57. The summed E-state index contributed by atoms with van der Waals surface area (Å²) in [5, 5.41) is 48.9. The first kappa shape index (κ1) is 48.0. The summed E-state index contributed by atoms with van der Waals surface area (Å²) in [5.41, 5.74) is -5.33. The zero-order valence-corrected chi connectivity index (χ0v) is 35.0. The fraction of sp³-hybridized carbons (Fsp3) is 0.152. The van der Waals surface area contributed by atoms with Crippen molar-refractivity contribution in [3.05, 3.63) is 155 Å². The van der Waals surface area contributed by atoms with Gasteiger partial charge in [0.1, 0.15) is 17.2 Å². The van der Waals surface area contributed by atoms with E-state index < -0.39 is 63.6 Å². The lowest BCUT2D eigenvalue weighted by Crippen LogP contribution is -2.54. The predicted octanol–water partition coefficient (Wildman–Crippen LogP) is 9.82. The Kier molecular flexibility index (Phi) is 14.7. The molecule has 65 heavy (non-hydrogen) atoms. The van der Waals surface area contributed by atoms with Gasteiger partial charge in [-0.25, -0.2) is 0 Å². The van der Waals surface area contributed by atoms with Crippen LogP contribution in [0.5, 0.6) is 17.2 Å². The maximum Gasteiger partial charge on any atom is 0.411 e. The van der Waals surface area contributed by atoms with Crippen LogP contribution in [0.15, 0.2) is 127 Å². The minimum atomic E-state index is -6.05. The molecule has 0 saturated heterocycles. The van der Waals surface area contributed by atoms with Gasteiger partial charge < -0.3 is 52.5 Å². The Balaban J connectivity index is 0.000000330. The van der Waals surface area contributed by atoms with Crippen LogP contribution in [0, 0.1) is 0 Å². The minimum absolute atomic E-state index is 0.00346. The van der Waals surface area contributed by atoms with Crippen molar-refractivity contribution in [1.82, 2.24) is 0 Å². The summed E-state index contributed by atoms with van der Waals surface area (Å²) in [5.74, 6) is -3.65. The van der Waals surface area contributed by atoms with Gasteiger partial charge in [-0.1, -0.05) is 24.3 Å². The maximum atomic E-state index is 14.9. The number of nitrogens with one attached hydrogen (secondary N) is 7. The molecule has 0 radical (unpaired) electrons. The monoisotopic (exact) mass is 903 g/mol. The molecule has 0 spiro atoms. The Bertz CT molecular complexity index is 2550. The number of hydrogen-bond acceptors (Lipinski definition) is 10. The standard InChI is InChI=1S/C31H26F6N4O4.C15H17N3O2/c1-38-21-7-3-5-17(13-21)27(44)40-23-15-19(9-11-25(23)42)29(30(32,33)34,31(35,36)37)20-10-12-26(43)24(16-20)41-28(45)18-6-4-8-22(14-18)39-2;1-16-11-5-3-10(4-6-11)15(20)18-13-9-12(17-2)7-8-14(13)19/h3-16,38-39,42-43H,1-2H3,(H,40,44)(H,41,45);3-9,16-17,19H,1-2H3,(H,18,20). The van der Waals surface area contributed by atoms with Crippen LogP contribution in [0.2, 0.25) is 0 Å². The van der Waals surface area contributed by atoms with Crippen LogP contribution in [-0.2, 0) is 5.41 Å². The highest BCUT2D eigenvalue weighted by Gasteiger charge is 2.72. The summed E-state index contributed by atoms with van der Waals surface area (Å²) in [6.07, 6.45) is -12.1. The number of carbonyl (C=O) groups is 3. The summed E-state index contributed by atoms with van der Waals surface area (Å²) in [4.78, 5) is 37.8. The molecule has 0 bridgehead atoms. The molecule has 0 fully saturated rings. The van der Waals surface area contributed by atoms with Crippen molar-refractivity contribution in [3.8, 4) is 17.2 Å². The molecule has 6 aromatic rings. The van der Waals surface area contributed by atoms with E-state index >= 15 is 0 Å². The fourth-order valence-electron chi connectivity index (χ4n) is 6.52. The molecule has 0 aliphatic carbocycles. The number of carbonyl (C=O) groups excluding carboxylic acids is 3. The average molecular weight is 904 g/mol. The number of aromatic hydroxyl groups is 3. The Morgan fingerprint density at radius 2 is 0.738 bits per heavy atom. The third-order valence-corrected chi connectivity index (χ3v) is 10.0. The van der Waals surface area contributed by atoms with E-state index in [4.69, 9.17) is 0 Å². The normalized spacial score (nSPS) is 11.3. The summed E-state index contributed by atoms with van der Waals surface area (Å²) >= 11 is 0. The van der Waals surface area contributed by atoms with Crippen LogP contribution < -0.4 is 37.2 Å². The largest absolute Gasteiger partial charge is 0.506 e. The molecular formula is C46H43F6N7O6. The molecule has 10 N–H and O–H groups in total. The van der Waals surface area contributed by atoms with Crippen LogP contribution >= 0.6 is 0 Å². The van der Waals surface area contributed by atoms with Crippen molar-refractivity contribution in [2.75, 3.05) is 65.4 Å². The van der Waals surface area contributed by atoms with E-state index in [-0.39, 0.29) is 22.8 Å². The van der Waals surface area contributed by atoms with Gasteiger partial charge in [0.05, 0.1) is 17.1 Å². The number of benzene rings is 6. The lowest BCUT2D eigenvalue weighted by atomic mass is 9.72. The first-order valence-corrected chi connectivity index (χ1v) is 19.3. The minimum Gasteiger partial charge on any atom is -0.506 e. The molecule has 0 heterocycles. The number of hydrogen-bond donors (Lipinski definition) is 10. The van der Waals surface area contributed by atoms with E-state index in [1.807, 2.05) is 19.2 Å². The van der Waals surface area contributed by atoms with Crippen molar-refractivity contribution in [2.45, 2.75) is 17.8 Å². The summed E-state index contributed by atoms with van der Waals surface area (Å²) < 4.78 is 89.4. The van der Waals surface area contributed by atoms with E-state index in [2.05, 4.69) is 37.2 Å². The maximum absolute atomic E-state index is 14.9. The lowest BCUT2D eigenvalue weighted by Gasteiger charge is -2.38. The highest BCUT2D eigenvalue weighted by molar-refractivity contribution is 6.07. The van der Waals surface area contributed by atoms with Crippen LogP contribution in [0.25, 0.3) is 0 Å². The van der Waals surface area contributed by atoms with Crippen LogP contribution in [0.3, 0.4) is 0 Å². The fourth-order valence-corrected chi connectivity index (χ4v) is 6.52. The molecule has 0 unspecified atom stereocenters. The Labute approximate surface area is 368 Å². The second kappa shape index (κ2) is 20.0. The van der Waals surface area contributed by atoms with Gasteiger partial charge in [-0.15, -0.1) is 0 Å². The number of halogens is 6. The summed E-state index contributed by atoms with van der Waals surface area (Å²) in [7, 11) is 6.73. The zero-order chi connectivity index (χ0) is 47.7. The SMILES string of the molecule is CNc1ccc(C(=O)Nc2cc(NC)ccc2O)cc1.CNc1cccc(C(=O)Nc2cc(C(c3ccc(O)c(NC(=O)c4cccc(NC)c4)c3)(C(F)(F)F)C(F)(F)F)ccc2O)c1. The molecule has 0 atom stereocenters. The predicted molar refractivity (Wildman–Crippen MR) is 239 cm³/mol. The van der Waals surface area contributed by atoms with Crippen molar-refractivity contribution in [3.63, 3.8) is 0 Å². The molecule has 6 aromatic carbocycles. The topological polar surface area (TPSA) is 196 Å². The van der Waals surface area contributed by atoms with E-state index in [0.717, 1.165) is 11.4 Å². The highest BCUT2D eigenvalue weighted by atomic mass is 19.4. The van der Waals surface area contributed by atoms with Gasteiger partial charge in [-0.2, -0.15) is 26.3 Å². The quantitative estimate of drug-likeness (QED) is 0.0321. The lowest BCUT2D eigenvalue weighted by molar-refractivity contribution is -0.288. The van der Waals surface area contributed by atoms with E-state index in [1.165, 1.54) is 42.5 Å². The Morgan fingerprint density at radius 1 is 0.400 bits per heavy atom. The van der Waals surface area contributed by atoms with Crippen LogP contribution in [0.4, 0.5) is 66.2 Å². The smallest absolute Gasteiger partial charge is 0.411 e. The molecule has 19 heteroatoms. The van der Waals surface area contributed by atoms with Gasteiger partial charge in [0.15, 0.2) is 0 Å². The van der Waals surface area contributed by atoms with Crippen LogP contribution in [-0.4, -0.2) is 73.6 Å². The third kappa shape index (κ3) is 10.8. The molecule has 340 valence electrons. The van der Waals surface area contributed by atoms with E-state index in [0.29, 0.717) is 59.0 Å². The molecule has 0 aliphatic heterocycles. The first-order chi connectivity index (χ1) is 30.8. The molecule has 0 saturated carbocycles. The second-order valence-corrected chi connectivity index (χ2v) is 14.0. The van der Waals surface area contributed by atoms with Gasteiger partial charge >= 0.3 is 12.4 Å². The van der Waals surface area contributed by atoms with E-state index in [9.17, 15) is 56.0 Å². The average Bonchev–Trinajstić information content (AvgIpc) is 3.28. The molecule has 6 rings (SSSR count). The zero-order valence-electron chi connectivity index (χ0n) is 35.0. The third-order valence-electron chi connectivity index (χ3n) is 10.0. The summed E-state index contributed by atoms with van der Waals surface area (Å²) in [6.45, 7) is 0. The molecule has 13 nitrogen and oxygen atoms in total. The number of phenolic OH excluding ortho intramolecular Hbond substituents is 3. The first-order valence-electron chi connectivity index (χ1n) is 19.3. The second-order valence-electron chi connectivity index (χ2n) is 14.0. The van der Waals surface area contributed by atoms with Gasteiger partial charge in [0.25, 0.3) is 17.7 Å².